The predicted molar refractivity (Wildman–Crippen MR) is 99.1 cm³/mol. The highest BCUT2D eigenvalue weighted by atomic mass is 28.4. The van der Waals surface area contributed by atoms with Crippen LogP contribution < -0.4 is 0 Å². The van der Waals surface area contributed by atoms with E-state index in [1.165, 1.54) is 4.90 Å². The van der Waals surface area contributed by atoms with Gasteiger partial charge < -0.3 is 14.4 Å². The number of carbonyl (C=O) groups is 1. The van der Waals surface area contributed by atoms with E-state index in [1.807, 2.05) is 30.3 Å². The number of amides is 1. The molecule has 6 heteroatoms. The molecule has 2 rings (SSSR count). The maximum Gasteiger partial charge on any atom is 0.252 e. The van der Waals surface area contributed by atoms with Gasteiger partial charge in [-0.25, -0.2) is 0 Å². The Bertz CT molecular complexity index is 663. The summed E-state index contributed by atoms with van der Waals surface area (Å²) >= 11 is 0. The lowest BCUT2D eigenvalue weighted by Gasteiger charge is -2.37. The molecule has 0 bridgehead atoms. The van der Waals surface area contributed by atoms with E-state index in [-0.39, 0.29) is 24.0 Å². The SMILES string of the molecule is CC(C)(C)[Si](C)(C)O[C@H]1C[C@](C#N)(CO)N(Cc2ccccc2)C1=O. The molecule has 1 heterocycles. The molecule has 0 saturated carbocycles. The molecule has 136 valence electrons. The van der Waals surface area contributed by atoms with Gasteiger partial charge in [0.1, 0.15) is 6.10 Å². The Morgan fingerprint density at radius 2 is 1.96 bits per heavy atom. The third-order valence-corrected chi connectivity index (χ3v) is 9.96. The van der Waals surface area contributed by atoms with Gasteiger partial charge in [0.25, 0.3) is 5.91 Å². The number of nitriles is 1. The molecular formula is C19H28N2O3Si. The van der Waals surface area contributed by atoms with Gasteiger partial charge in [0.2, 0.25) is 0 Å². The second kappa shape index (κ2) is 6.91. The van der Waals surface area contributed by atoms with Gasteiger partial charge in [-0.1, -0.05) is 51.1 Å². The minimum Gasteiger partial charge on any atom is -0.405 e. The molecule has 1 aliphatic heterocycles. The van der Waals surface area contributed by atoms with E-state index < -0.39 is 20.0 Å². The van der Waals surface area contributed by atoms with Crippen LogP contribution in [0.2, 0.25) is 18.1 Å². The average molecular weight is 361 g/mol. The predicted octanol–water partition coefficient (Wildman–Crippen LogP) is 3.06. The van der Waals surface area contributed by atoms with Crippen LogP contribution in [0.5, 0.6) is 0 Å². The van der Waals surface area contributed by atoms with Gasteiger partial charge in [0, 0.05) is 13.0 Å². The van der Waals surface area contributed by atoms with Crippen molar-refractivity contribution in [3.05, 3.63) is 35.9 Å². The van der Waals surface area contributed by atoms with Crippen LogP contribution in [0.4, 0.5) is 0 Å². The molecular weight excluding hydrogens is 332 g/mol. The van der Waals surface area contributed by atoms with Gasteiger partial charge >= 0.3 is 0 Å². The third-order valence-electron chi connectivity index (χ3n) is 5.48. The molecule has 1 fully saturated rings. The summed E-state index contributed by atoms with van der Waals surface area (Å²) in [4.78, 5) is 14.5. The first kappa shape index (κ1) is 19.6. The summed E-state index contributed by atoms with van der Waals surface area (Å²) in [5, 5.41) is 19.6. The number of benzene rings is 1. The summed E-state index contributed by atoms with van der Waals surface area (Å²) in [6.45, 7) is 10.4. The molecule has 1 aromatic carbocycles. The van der Waals surface area contributed by atoms with Crippen LogP contribution >= 0.6 is 0 Å². The van der Waals surface area contributed by atoms with Crippen LogP contribution in [0, 0.1) is 11.3 Å². The van der Waals surface area contributed by atoms with Crippen LogP contribution in [0.25, 0.3) is 0 Å². The fourth-order valence-corrected chi connectivity index (χ4v) is 4.05. The minimum absolute atomic E-state index is 0.0331. The van der Waals surface area contributed by atoms with Gasteiger partial charge in [-0.3, -0.25) is 4.79 Å². The van der Waals surface area contributed by atoms with E-state index in [0.717, 1.165) is 5.56 Å². The van der Waals surface area contributed by atoms with Crippen LogP contribution in [0.1, 0.15) is 32.8 Å². The average Bonchev–Trinajstić information content (AvgIpc) is 2.80. The highest BCUT2D eigenvalue weighted by Gasteiger charge is 2.54. The lowest BCUT2D eigenvalue weighted by Crippen LogP contribution is -2.47. The number of nitrogens with zero attached hydrogens (tertiary/aromatic N) is 2. The summed E-state index contributed by atoms with van der Waals surface area (Å²) in [5.41, 5.74) is -0.295. The van der Waals surface area contributed by atoms with Crippen molar-refractivity contribution >= 4 is 14.2 Å². The lowest BCUT2D eigenvalue weighted by molar-refractivity contribution is -0.136. The smallest absolute Gasteiger partial charge is 0.252 e. The number of hydrogen-bond acceptors (Lipinski definition) is 4. The summed E-state index contributed by atoms with van der Waals surface area (Å²) < 4.78 is 6.29. The Morgan fingerprint density at radius 1 is 1.36 bits per heavy atom. The van der Waals surface area contributed by atoms with Gasteiger partial charge in [0.15, 0.2) is 13.9 Å². The highest BCUT2D eigenvalue weighted by Crippen LogP contribution is 2.41. The fraction of sp³-hybridized carbons (Fsp3) is 0.579. The standard InChI is InChI=1S/C19H28N2O3Si/c1-18(2,3)25(4,5)24-16-11-19(13-20,14-22)21(17(16)23)12-15-9-7-6-8-10-15/h6-10,16,22H,11-12,14H2,1-5H3/t16-,19-/m0/s1. The van der Waals surface area contributed by atoms with E-state index in [4.69, 9.17) is 4.43 Å². The van der Waals surface area contributed by atoms with Crippen molar-refractivity contribution in [1.29, 1.82) is 5.26 Å². The molecule has 0 spiro atoms. The van der Waals surface area contributed by atoms with Crippen molar-refractivity contribution < 1.29 is 14.3 Å². The van der Waals surface area contributed by atoms with E-state index in [1.54, 1.807) is 0 Å². The lowest BCUT2D eigenvalue weighted by atomic mass is 9.98. The topological polar surface area (TPSA) is 73.6 Å². The summed E-state index contributed by atoms with van der Waals surface area (Å²) in [6, 6.07) is 11.7. The first-order valence-corrected chi connectivity index (χ1v) is 11.5. The Hall–Kier alpha value is -1.68. The quantitative estimate of drug-likeness (QED) is 0.819. The van der Waals surface area contributed by atoms with Crippen molar-refractivity contribution in [1.82, 2.24) is 4.90 Å². The van der Waals surface area contributed by atoms with Gasteiger partial charge in [0.05, 0.1) is 12.7 Å². The number of likely N-dealkylation sites (tertiary alicyclic amines) is 1. The molecule has 1 N–H and O–H groups in total. The Balaban J connectivity index is 2.30. The Labute approximate surface area is 151 Å². The van der Waals surface area contributed by atoms with Gasteiger partial charge in [-0.2, -0.15) is 5.26 Å². The van der Waals surface area contributed by atoms with Crippen LogP contribution in [-0.4, -0.2) is 42.5 Å². The largest absolute Gasteiger partial charge is 0.405 e. The second-order valence-electron chi connectivity index (χ2n) is 8.28. The highest BCUT2D eigenvalue weighted by molar-refractivity contribution is 6.74. The molecule has 1 aromatic rings. The van der Waals surface area contributed by atoms with E-state index >= 15 is 0 Å². The molecule has 2 atom stereocenters. The van der Waals surface area contributed by atoms with Crippen LogP contribution in [0.15, 0.2) is 30.3 Å². The summed E-state index contributed by atoms with van der Waals surface area (Å²) in [6.07, 6.45) is -0.463. The number of rotatable bonds is 5. The van der Waals surface area contributed by atoms with Crippen molar-refractivity contribution in [2.24, 2.45) is 0 Å². The molecule has 0 unspecified atom stereocenters. The molecule has 0 radical (unpaired) electrons. The number of aliphatic hydroxyl groups is 1. The van der Waals surface area contributed by atoms with Gasteiger partial charge in [-0.15, -0.1) is 0 Å². The molecule has 25 heavy (non-hydrogen) atoms. The molecule has 0 aliphatic carbocycles. The zero-order chi connectivity index (χ0) is 18.9. The van der Waals surface area contributed by atoms with Crippen molar-refractivity contribution in [2.45, 2.75) is 63.5 Å². The van der Waals surface area contributed by atoms with Crippen molar-refractivity contribution in [3.8, 4) is 6.07 Å². The number of carbonyl (C=O) groups excluding carboxylic acids is 1. The van der Waals surface area contributed by atoms with E-state index in [0.29, 0.717) is 6.54 Å². The molecule has 0 aromatic heterocycles. The van der Waals surface area contributed by atoms with Crippen LogP contribution in [0.3, 0.4) is 0 Å². The maximum absolute atomic E-state index is 13.0. The first-order chi connectivity index (χ1) is 11.6. The second-order valence-corrected chi connectivity index (χ2v) is 13.0. The molecule has 1 aliphatic rings. The Morgan fingerprint density at radius 3 is 2.44 bits per heavy atom. The third kappa shape index (κ3) is 3.79. The monoisotopic (exact) mass is 360 g/mol. The number of aliphatic hydroxyl groups excluding tert-OH is 1. The van der Waals surface area contributed by atoms with Crippen LogP contribution in [-0.2, 0) is 15.8 Å². The van der Waals surface area contributed by atoms with E-state index in [9.17, 15) is 15.2 Å². The molecule has 1 saturated heterocycles. The number of hydrogen-bond donors (Lipinski definition) is 1. The zero-order valence-electron chi connectivity index (χ0n) is 15.7. The summed E-state index contributed by atoms with van der Waals surface area (Å²) in [5.74, 6) is -0.204. The maximum atomic E-state index is 13.0. The Kier molecular flexibility index (Phi) is 5.43. The summed E-state index contributed by atoms with van der Waals surface area (Å²) in [7, 11) is -2.16. The fourth-order valence-electron chi connectivity index (χ4n) is 2.80. The van der Waals surface area contributed by atoms with Crippen molar-refractivity contribution in [2.75, 3.05) is 6.61 Å². The van der Waals surface area contributed by atoms with Gasteiger partial charge in [-0.05, 0) is 23.7 Å². The molecule has 1 amide bonds. The van der Waals surface area contributed by atoms with Crippen molar-refractivity contribution in [3.63, 3.8) is 0 Å². The van der Waals surface area contributed by atoms with E-state index in [2.05, 4.69) is 39.9 Å². The zero-order valence-corrected chi connectivity index (χ0v) is 16.7. The minimum atomic E-state index is -2.16. The normalized spacial score (nSPS) is 24.4. The first-order valence-electron chi connectivity index (χ1n) is 8.62. The molecule has 5 nitrogen and oxygen atoms in total.